The standard InChI is InChI=1S/C14H22BrNO/c1-4-10-17-14-8-7-13(15)11-12(14)6-5-9-16(2)3/h7-8,11H,4-6,9-10H2,1-3H3. The van der Waals surface area contributed by atoms with E-state index in [1.54, 1.807) is 0 Å². The van der Waals surface area contributed by atoms with Crippen LogP contribution < -0.4 is 4.74 Å². The van der Waals surface area contributed by atoms with Crippen LogP contribution in [-0.4, -0.2) is 32.1 Å². The number of nitrogens with zero attached hydrogens (tertiary/aromatic N) is 1. The Morgan fingerprint density at radius 2 is 2.06 bits per heavy atom. The van der Waals surface area contributed by atoms with Crippen molar-refractivity contribution in [3.63, 3.8) is 0 Å². The van der Waals surface area contributed by atoms with Crippen LogP contribution in [0.3, 0.4) is 0 Å². The van der Waals surface area contributed by atoms with Crippen LogP contribution in [0.25, 0.3) is 0 Å². The van der Waals surface area contributed by atoms with E-state index in [2.05, 4.69) is 54.0 Å². The number of benzene rings is 1. The van der Waals surface area contributed by atoms with Gasteiger partial charge in [0.25, 0.3) is 0 Å². The Labute approximate surface area is 113 Å². The van der Waals surface area contributed by atoms with Gasteiger partial charge in [-0.15, -0.1) is 0 Å². The highest BCUT2D eigenvalue weighted by Crippen LogP contribution is 2.24. The third kappa shape index (κ3) is 5.55. The van der Waals surface area contributed by atoms with Gasteiger partial charge in [-0.1, -0.05) is 22.9 Å². The van der Waals surface area contributed by atoms with Gasteiger partial charge in [0, 0.05) is 4.47 Å². The Bertz CT molecular complexity index is 339. The molecule has 0 aliphatic rings. The summed E-state index contributed by atoms with van der Waals surface area (Å²) in [5.41, 5.74) is 1.30. The Balaban J connectivity index is 2.62. The van der Waals surface area contributed by atoms with E-state index in [1.807, 2.05) is 6.07 Å². The lowest BCUT2D eigenvalue weighted by molar-refractivity contribution is 0.313. The van der Waals surface area contributed by atoms with Crippen molar-refractivity contribution in [1.82, 2.24) is 4.90 Å². The molecule has 96 valence electrons. The van der Waals surface area contributed by atoms with Crippen LogP contribution >= 0.6 is 15.9 Å². The Morgan fingerprint density at radius 3 is 2.71 bits per heavy atom. The van der Waals surface area contributed by atoms with Crippen LogP contribution in [0, 0.1) is 0 Å². The van der Waals surface area contributed by atoms with Crippen LogP contribution in [0.1, 0.15) is 25.3 Å². The van der Waals surface area contributed by atoms with Crippen molar-refractivity contribution in [2.45, 2.75) is 26.2 Å². The summed E-state index contributed by atoms with van der Waals surface area (Å²) >= 11 is 3.52. The maximum atomic E-state index is 5.76. The maximum Gasteiger partial charge on any atom is 0.122 e. The highest BCUT2D eigenvalue weighted by atomic mass is 79.9. The van der Waals surface area contributed by atoms with Crippen molar-refractivity contribution in [3.05, 3.63) is 28.2 Å². The Morgan fingerprint density at radius 1 is 1.29 bits per heavy atom. The van der Waals surface area contributed by atoms with Crippen LogP contribution in [0.15, 0.2) is 22.7 Å². The van der Waals surface area contributed by atoms with Gasteiger partial charge in [-0.25, -0.2) is 0 Å². The van der Waals surface area contributed by atoms with E-state index in [-0.39, 0.29) is 0 Å². The second kappa shape index (κ2) is 7.72. The summed E-state index contributed by atoms with van der Waals surface area (Å²) in [6, 6.07) is 6.27. The fraction of sp³-hybridized carbons (Fsp3) is 0.571. The van der Waals surface area contributed by atoms with Gasteiger partial charge < -0.3 is 9.64 Å². The first kappa shape index (κ1) is 14.5. The zero-order chi connectivity index (χ0) is 12.7. The number of hydrogen-bond acceptors (Lipinski definition) is 2. The highest BCUT2D eigenvalue weighted by molar-refractivity contribution is 9.10. The van der Waals surface area contributed by atoms with E-state index in [4.69, 9.17) is 4.74 Å². The zero-order valence-corrected chi connectivity index (χ0v) is 12.6. The Hall–Kier alpha value is -0.540. The predicted octanol–water partition coefficient (Wildman–Crippen LogP) is 3.73. The summed E-state index contributed by atoms with van der Waals surface area (Å²) < 4.78 is 6.89. The van der Waals surface area contributed by atoms with Crippen molar-refractivity contribution in [2.24, 2.45) is 0 Å². The smallest absolute Gasteiger partial charge is 0.122 e. The number of halogens is 1. The minimum Gasteiger partial charge on any atom is -0.493 e. The van der Waals surface area contributed by atoms with Crippen LogP contribution in [0.2, 0.25) is 0 Å². The quantitative estimate of drug-likeness (QED) is 0.761. The van der Waals surface area contributed by atoms with Gasteiger partial charge >= 0.3 is 0 Å². The molecule has 0 aromatic heterocycles. The zero-order valence-electron chi connectivity index (χ0n) is 11.0. The fourth-order valence-electron chi connectivity index (χ4n) is 1.68. The minimum absolute atomic E-state index is 0.794. The third-order valence-electron chi connectivity index (χ3n) is 2.54. The second-order valence-corrected chi connectivity index (χ2v) is 5.42. The molecule has 0 saturated heterocycles. The van der Waals surface area contributed by atoms with Gasteiger partial charge in [0.2, 0.25) is 0 Å². The summed E-state index contributed by atoms with van der Waals surface area (Å²) in [5, 5.41) is 0. The molecule has 0 unspecified atom stereocenters. The Kier molecular flexibility index (Phi) is 6.60. The van der Waals surface area contributed by atoms with E-state index < -0.39 is 0 Å². The number of aryl methyl sites for hydroxylation is 1. The lowest BCUT2D eigenvalue weighted by Gasteiger charge is -2.13. The minimum atomic E-state index is 0.794. The van der Waals surface area contributed by atoms with Gasteiger partial charge in [0.15, 0.2) is 0 Å². The monoisotopic (exact) mass is 299 g/mol. The van der Waals surface area contributed by atoms with Gasteiger partial charge in [0.1, 0.15) is 5.75 Å². The van der Waals surface area contributed by atoms with Gasteiger partial charge in [-0.3, -0.25) is 0 Å². The van der Waals surface area contributed by atoms with Crippen molar-refractivity contribution in [1.29, 1.82) is 0 Å². The van der Waals surface area contributed by atoms with E-state index in [0.29, 0.717) is 0 Å². The van der Waals surface area contributed by atoms with E-state index in [1.165, 1.54) is 5.56 Å². The van der Waals surface area contributed by atoms with Gasteiger partial charge in [-0.2, -0.15) is 0 Å². The third-order valence-corrected chi connectivity index (χ3v) is 3.03. The first-order chi connectivity index (χ1) is 8.13. The summed E-state index contributed by atoms with van der Waals surface area (Å²) in [6.07, 6.45) is 3.27. The van der Waals surface area contributed by atoms with E-state index in [0.717, 1.165) is 42.6 Å². The molecule has 0 bridgehead atoms. The predicted molar refractivity (Wildman–Crippen MR) is 76.8 cm³/mol. The van der Waals surface area contributed by atoms with Crippen LogP contribution in [0.4, 0.5) is 0 Å². The molecule has 0 aliphatic heterocycles. The molecule has 0 heterocycles. The summed E-state index contributed by atoms with van der Waals surface area (Å²) in [6.45, 7) is 4.03. The summed E-state index contributed by atoms with van der Waals surface area (Å²) in [5.74, 6) is 1.04. The first-order valence-corrected chi connectivity index (χ1v) is 6.98. The molecule has 2 nitrogen and oxygen atoms in total. The molecule has 0 atom stereocenters. The largest absolute Gasteiger partial charge is 0.493 e. The maximum absolute atomic E-state index is 5.76. The van der Waals surface area contributed by atoms with Crippen molar-refractivity contribution in [3.8, 4) is 5.75 Å². The van der Waals surface area contributed by atoms with E-state index in [9.17, 15) is 0 Å². The summed E-state index contributed by atoms with van der Waals surface area (Å²) in [4.78, 5) is 2.21. The van der Waals surface area contributed by atoms with E-state index >= 15 is 0 Å². The molecule has 3 heteroatoms. The van der Waals surface area contributed by atoms with Crippen molar-refractivity contribution < 1.29 is 4.74 Å². The average Bonchev–Trinajstić information content (AvgIpc) is 2.27. The number of rotatable bonds is 7. The molecule has 0 radical (unpaired) electrons. The molecule has 0 amide bonds. The molecule has 0 aliphatic carbocycles. The lowest BCUT2D eigenvalue weighted by atomic mass is 10.1. The van der Waals surface area contributed by atoms with Gasteiger partial charge in [0.05, 0.1) is 6.61 Å². The fourth-order valence-corrected chi connectivity index (χ4v) is 2.09. The van der Waals surface area contributed by atoms with Gasteiger partial charge in [-0.05, 0) is 63.7 Å². The molecule has 0 fully saturated rings. The molecule has 1 aromatic rings. The number of ether oxygens (including phenoxy) is 1. The van der Waals surface area contributed by atoms with Crippen molar-refractivity contribution >= 4 is 15.9 Å². The second-order valence-electron chi connectivity index (χ2n) is 4.51. The molecule has 1 aromatic carbocycles. The molecule has 0 spiro atoms. The lowest BCUT2D eigenvalue weighted by Crippen LogP contribution is -2.13. The SMILES string of the molecule is CCCOc1ccc(Br)cc1CCCN(C)C. The van der Waals surface area contributed by atoms with Crippen molar-refractivity contribution in [2.75, 3.05) is 27.2 Å². The van der Waals surface area contributed by atoms with Crippen LogP contribution in [-0.2, 0) is 6.42 Å². The molecular formula is C14H22BrNO. The number of hydrogen-bond donors (Lipinski definition) is 0. The molecule has 0 N–H and O–H groups in total. The van der Waals surface area contributed by atoms with Crippen LogP contribution in [0.5, 0.6) is 5.75 Å². The molecular weight excluding hydrogens is 278 g/mol. The normalized spacial score (nSPS) is 10.9. The topological polar surface area (TPSA) is 12.5 Å². The average molecular weight is 300 g/mol. The molecule has 17 heavy (non-hydrogen) atoms. The first-order valence-electron chi connectivity index (χ1n) is 6.19. The molecule has 0 saturated carbocycles. The summed E-state index contributed by atoms with van der Waals surface area (Å²) in [7, 11) is 4.21. The molecule has 1 rings (SSSR count). The highest BCUT2D eigenvalue weighted by Gasteiger charge is 2.04.